The molecule has 0 spiro atoms. The smallest absolute Gasteiger partial charge is 0.305 e. The second-order valence-electron chi connectivity index (χ2n) is 5.74. The van der Waals surface area contributed by atoms with Gasteiger partial charge in [0, 0.05) is 30.6 Å². The molecule has 20 heavy (non-hydrogen) atoms. The molecule has 0 saturated heterocycles. The molecule has 1 fully saturated rings. The predicted molar refractivity (Wildman–Crippen MR) is 77.5 cm³/mol. The third-order valence-corrected chi connectivity index (χ3v) is 3.93. The van der Waals surface area contributed by atoms with E-state index in [1.807, 2.05) is 31.2 Å². The Bertz CT molecular complexity index is 512. The maximum atomic E-state index is 10.8. The fourth-order valence-corrected chi connectivity index (χ4v) is 2.43. The summed E-state index contributed by atoms with van der Waals surface area (Å²) in [6.07, 6.45) is 2.81. The number of anilines is 1. The Labute approximate surface area is 119 Å². The topological polar surface area (TPSA) is 64.3 Å². The van der Waals surface area contributed by atoms with Crippen molar-refractivity contribution in [2.75, 3.05) is 18.0 Å². The van der Waals surface area contributed by atoms with Crippen LogP contribution in [0.5, 0.6) is 0 Å². The predicted octanol–water partition coefficient (Wildman–Crippen LogP) is 2.97. The first-order chi connectivity index (χ1) is 9.54. The standard InChI is InChI=1S/C16H20N2O2/c1-13-2-4-14(5-3-13)18(11-6-15(19)20)12-16(7-8-16)9-10-17/h2-5H,6-9,11-12H2,1H3,(H,19,20). The average Bonchev–Trinajstić information content (AvgIpc) is 3.16. The van der Waals surface area contributed by atoms with Gasteiger partial charge in [0.1, 0.15) is 0 Å². The molecule has 1 aliphatic carbocycles. The van der Waals surface area contributed by atoms with Crippen molar-refractivity contribution in [1.29, 1.82) is 5.26 Å². The number of nitriles is 1. The van der Waals surface area contributed by atoms with E-state index in [-0.39, 0.29) is 11.8 Å². The van der Waals surface area contributed by atoms with Crippen LogP contribution in [-0.4, -0.2) is 24.2 Å². The highest BCUT2D eigenvalue weighted by molar-refractivity contribution is 5.67. The summed E-state index contributed by atoms with van der Waals surface area (Å²) < 4.78 is 0. The number of carbonyl (C=O) groups is 1. The summed E-state index contributed by atoms with van der Waals surface area (Å²) in [5.41, 5.74) is 2.31. The van der Waals surface area contributed by atoms with Crippen LogP contribution < -0.4 is 4.90 Å². The SMILES string of the molecule is Cc1ccc(N(CCC(=O)O)CC2(CC#N)CC2)cc1. The second kappa shape index (κ2) is 5.96. The van der Waals surface area contributed by atoms with Crippen molar-refractivity contribution in [3.63, 3.8) is 0 Å². The van der Waals surface area contributed by atoms with E-state index in [2.05, 4.69) is 11.0 Å². The van der Waals surface area contributed by atoms with Crippen LogP contribution in [0.3, 0.4) is 0 Å². The fraction of sp³-hybridized carbons (Fsp3) is 0.500. The number of benzene rings is 1. The van der Waals surface area contributed by atoms with E-state index in [1.54, 1.807) is 0 Å². The average molecular weight is 272 g/mol. The Balaban J connectivity index is 2.10. The van der Waals surface area contributed by atoms with Crippen LogP contribution in [0.1, 0.15) is 31.2 Å². The summed E-state index contributed by atoms with van der Waals surface area (Å²) in [5, 5.41) is 17.8. The van der Waals surface area contributed by atoms with Crippen LogP contribution >= 0.6 is 0 Å². The lowest BCUT2D eigenvalue weighted by atomic mass is 10.0. The molecule has 106 valence electrons. The molecular formula is C16H20N2O2. The van der Waals surface area contributed by atoms with Gasteiger partial charge in [0.2, 0.25) is 0 Å². The first-order valence-electron chi connectivity index (χ1n) is 6.95. The molecule has 0 bridgehead atoms. The van der Waals surface area contributed by atoms with Crippen molar-refractivity contribution in [1.82, 2.24) is 0 Å². The molecule has 2 rings (SSSR count). The number of hydrogen-bond donors (Lipinski definition) is 1. The van der Waals surface area contributed by atoms with Crippen LogP contribution in [-0.2, 0) is 4.79 Å². The van der Waals surface area contributed by atoms with Crippen molar-refractivity contribution in [3.05, 3.63) is 29.8 Å². The molecule has 0 atom stereocenters. The van der Waals surface area contributed by atoms with E-state index in [1.165, 1.54) is 5.56 Å². The summed E-state index contributed by atoms with van der Waals surface area (Å²) in [6.45, 7) is 3.30. The first kappa shape index (κ1) is 14.4. The molecule has 0 aromatic heterocycles. The van der Waals surface area contributed by atoms with Gasteiger partial charge >= 0.3 is 5.97 Å². The van der Waals surface area contributed by atoms with Crippen LogP contribution in [0.15, 0.2) is 24.3 Å². The molecule has 1 aliphatic rings. The van der Waals surface area contributed by atoms with Gasteiger partial charge in [0.05, 0.1) is 12.5 Å². The van der Waals surface area contributed by atoms with Gasteiger partial charge in [0.15, 0.2) is 0 Å². The molecule has 0 amide bonds. The quantitative estimate of drug-likeness (QED) is 0.828. The lowest BCUT2D eigenvalue weighted by molar-refractivity contribution is -0.136. The molecule has 0 radical (unpaired) electrons. The Kier molecular flexibility index (Phi) is 4.29. The second-order valence-corrected chi connectivity index (χ2v) is 5.74. The molecule has 1 N–H and O–H groups in total. The zero-order valence-corrected chi connectivity index (χ0v) is 11.8. The summed E-state index contributed by atoms with van der Waals surface area (Å²) in [4.78, 5) is 12.9. The molecular weight excluding hydrogens is 252 g/mol. The monoisotopic (exact) mass is 272 g/mol. The van der Waals surface area contributed by atoms with E-state index in [4.69, 9.17) is 10.4 Å². The molecule has 0 unspecified atom stereocenters. The highest BCUT2D eigenvalue weighted by atomic mass is 16.4. The van der Waals surface area contributed by atoms with Gasteiger partial charge in [-0.3, -0.25) is 4.79 Å². The van der Waals surface area contributed by atoms with Crippen molar-refractivity contribution in [3.8, 4) is 6.07 Å². The lowest BCUT2D eigenvalue weighted by Crippen LogP contribution is -2.32. The number of rotatable bonds is 7. The van der Waals surface area contributed by atoms with Crippen molar-refractivity contribution in [2.24, 2.45) is 5.41 Å². The number of carboxylic acids is 1. The van der Waals surface area contributed by atoms with Gasteiger partial charge in [-0.1, -0.05) is 17.7 Å². The number of hydrogen-bond acceptors (Lipinski definition) is 3. The van der Waals surface area contributed by atoms with Crippen LogP contribution in [0.2, 0.25) is 0 Å². The summed E-state index contributed by atoms with van der Waals surface area (Å²) >= 11 is 0. The minimum Gasteiger partial charge on any atom is -0.481 e. The Morgan fingerprint density at radius 2 is 2.05 bits per heavy atom. The largest absolute Gasteiger partial charge is 0.481 e. The van der Waals surface area contributed by atoms with Gasteiger partial charge in [-0.15, -0.1) is 0 Å². The molecule has 1 aromatic carbocycles. The first-order valence-corrected chi connectivity index (χ1v) is 6.95. The van der Waals surface area contributed by atoms with Crippen LogP contribution in [0.25, 0.3) is 0 Å². The fourth-order valence-electron chi connectivity index (χ4n) is 2.43. The van der Waals surface area contributed by atoms with Gasteiger partial charge in [0.25, 0.3) is 0 Å². The van der Waals surface area contributed by atoms with E-state index in [0.717, 1.165) is 25.1 Å². The van der Waals surface area contributed by atoms with E-state index in [9.17, 15) is 4.79 Å². The Morgan fingerprint density at radius 3 is 2.55 bits per heavy atom. The van der Waals surface area contributed by atoms with Gasteiger partial charge in [-0.2, -0.15) is 5.26 Å². The number of carboxylic acid groups (broad SMARTS) is 1. The van der Waals surface area contributed by atoms with Gasteiger partial charge in [-0.05, 0) is 31.9 Å². The molecule has 1 saturated carbocycles. The number of aryl methyl sites for hydroxylation is 1. The maximum Gasteiger partial charge on any atom is 0.305 e. The minimum absolute atomic E-state index is 0.0815. The number of aliphatic carboxylic acids is 1. The molecule has 4 nitrogen and oxygen atoms in total. The molecule has 1 aromatic rings. The number of nitrogens with zero attached hydrogens (tertiary/aromatic N) is 2. The lowest BCUT2D eigenvalue weighted by Gasteiger charge is -2.28. The van der Waals surface area contributed by atoms with E-state index >= 15 is 0 Å². The van der Waals surface area contributed by atoms with Crippen molar-refractivity contribution in [2.45, 2.75) is 32.6 Å². The molecule has 4 heteroatoms. The zero-order chi connectivity index (χ0) is 14.6. The summed E-state index contributed by atoms with van der Waals surface area (Å²) in [5.74, 6) is -0.785. The normalized spacial score (nSPS) is 15.4. The third-order valence-electron chi connectivity index (χ3n) is 3.93. The molecule has 0 heterocycles. The van der Waals surface area contributed by atoms with Crippen molar-refractivity contribution >= 4 is 11.7 Å². The van der Waals surface area contributed by atoms with Crippen LogP contribution in [0, 0.1) is 23.7 Å². The van der Waals surface area contributed by atoms with Gasteiger partial charge < -0.3 is 10.0 Å². The van der Waals surface area contributed by atoms with E-state index in [0.29, 0.717) is 13.0 Å². The van der Waals surface area contributed by atoms with Gasteiger partial charge in [-0.25, -0.2) is 0 Å². The maximum absolute atomic E-state index is 10.8. The van der Waals surface area contributed by atoms with E-state index < -0.39 is 5.97 Å². The summed E-state index contributed by atoms with van der Waals surface area (Å²) in [6, 6.07) is 10.4. The zero-order valence-electron chi connectivity index (χ0n) is 11.8. The minimum atomic E-state index is -0.785. The van der Waals surface area contributed by atoms with Crippen LogP contribution in [0.4, 0.5) is 5.69 Å². The molecule has 0 aliphatic heterocycles. The highest BCUT2D eigenvalue weighted by Gasteiger charge is 2.43. The Morgan fingerprint density at radius 1 is 1.40 bits per heavy atom. The highest BCUT2D eigenvalue weighted by Crippen LogP contribution is 2.49. The Hall–Kier alpha value is -2.02. The summed E-state index contributed by atoms with van der Waals surface area (Å²) in [7, 11) is 0. The third kappa shape index (κ3) is 3.74. The van der Waals surface area contributed by atoms with Crippen molar-refractivity contribution < 1.29 is 9.90 Å².